The van der Waals surface area contributed by atoms with Crippen LogP contribution in [-0.2, 0) is 14.4 Å². The lowest BCUT2D eigenvalue weighted by atomic mass is 10.2. The van der Waals surface area contributed by atoms with Crippen molar-refractivity contribution in [3.63, 3.8) is 0 Å². The van der Waals surface area contributed by atoms with E-state index in [4.69, 9.17) is 4.74 Å². The Morgan fingerprint density at radius 2 is 2.13 bits per heavy atom. The first-order valence-electron chi connectivity index (χ1n) is 7.13. The smallest absolute Gasteiger partial charge is 0.247 e. The molecule has 1 aliphatic heterocycles. The molecule has 7 nitrogen and oxygen atoms in total. The Balaban J connectivity index is 2.14. The molecule has 1 heterocycles. The minimum atomic E-state index is -0.593. The molecule has 8 heteroatoms. The lowest BCUT2D eigenvalue weighted by Gasteiger charge is -2.17. The lowest BCUT2D eigenvalue weighted by molar-refractivity contribution is -0.125. The molecular weight excluding hydrogens is 318 g/mol. The summed E-state index contributed by atoms with van der Waals surface area (Å²) in [5.74, 6) is 1.04. The first-order chi connectivity index (χ1) is 11.0. The Bertz CT molecular complexity index is 621. The molecule has 0 bridgehead atoms. The number of methoxy groups -OCH3 is 1. The maximum Gasteiger partial charge on any atom is 0.247 e. The van der Waals surface area contributed by atoms with Gasteiger partial charge in [-0.15, -0.1) is 0 Å². The van der Waals surface area contributed by atoms with Crippen molar-refractivity contribution < 1.29 is 19.1 Å². The number of carbonyl (C=O) groups excluding carboxylic acids is 3. The number of anilines is 2. The molecule has 0 radical (unpaired) electrons. The van der Waals surface area contributed by atoms with Gasteiger partial charge in [-0.1, -0.05) is 0 Å². The zero-order valence-corrected chi connectivity index (χ0v) is 13.8. The van der Waals surface area contributed by atoms with Crippen LogP contribution in [0, 0.1) is 0 Å². The number of carbonyl (C=O) groups is 3. The molecule has 3 N–H and O–H groups in total. The molecule has 23 heavy (non-hydrogen) atoms. The van der Waals surface area contributed by atoms with Gasteiger partial charge in [-0.25, -0.2) is 0 Å². The molecule has 1 fully saturated rings. The molecule has 1 unspecified atom stereocenters. The summed E-state index contributed by atoms with van der Waals surface area (Å²) in [5.41, 5.74) is 0.986. The van der Waals surface area contributed by atoms with Crippen LogP contribution >= 0.6 is 11.8 Å². The van der Waals surface area contributed by atoms with Gasteiger partial charge in [0, 0.05) is 30.5 Å². The van der Waals surface area contributed by atoms with Gasteiger partial charge >= 0.3 is 0 Å². The average molecular weight is 337 g/mol. The van der Waals surface area contributed by atoms with Crippen molar-refractivity contribution in [2.24, 2.45) is 0 Å². The van der Waals surface area contributed by atoms with Crippen LogP contribution in [0.4, 0.5) is 11.4 Å². The van der Waals surface area contributed by atoms with Gasteiger partial charge in [0.25, 0.3) is 0 Å². The molecule has 124 valence electrons. The van der Waals surface area contributed by atoms with E-state index in [1.165, 1.54) is 14.0 Å². The summed E-state index contributed by atoms with van der Waals surface area (Å²) in [7, 11) is 1.49. The van der Waals surface area contributed by atoms with Crippen molar-refractivity contribution in [3.8, 4) is 5.75 Å². The molecule has 1 aliphatic rings. The summed E-state index contributed by atoms with van der Waals surface area (Å²) < 4.78 is 5.22. The number of hydrogen-bond acceptors (Lipinski definition) is 5. The third kappa shape index (κ3) is 4.88. The summed E-state index contributed by atoms with van der Waals surface area (Å²) >= 11 is 1.56. The summed E-state index contributed by atoms with van der Waals surface area (Å²) in [6.45, 7) is 1.40. The topological polar surface area (TPSA) is 96.5 Å². The highest BCUT2D eigenvalue weighted by Gasteiger charge is 2.24. The Morgan fingerprint density at radius 3 is 2.83 bits per heavy atom. The Kier molecular flexibility index (Phi) is 5.86. The second-order valence-corrected chi connectivity index (χ2v) is 6.18. The standard InChI is InChI=1S/C15H19N3O4S/c1-9(19)16-10-3-4-13(22-2)11(7-10)18-15(21)12-8-23-6-5-14(20)17-12/h3-4,7,12H,5-6,8H2,1-2H3,(H,16,19)(H,17,20)(H,18,21). The van der Waals surface area contributed by atoms with Gasteiger partial charge in [0.05, 0.1) is 12.8 Å². The van der Waals surface area contributed by atoms with Gasteiger partial charge in [-0.3, -0.25) is 14.4 Å². The van der Waals surface area contributed by atoms with Crippen molar-refractivity contribution in [2.75, 3.05) is 29.2 Å². The molecule has 2 rings (SSSR count). The van der Waals surface area contributed by atoms with Crippen molar-refractivity contribution >= 4 is 40.9 Å². The van der Waals surface area contributed by atoms with Gasteiger partial charge < -0.3 is 20.7 Å². The number of rotatable bonds is 4. The number of nitrogens with one attached hydrogen (secondary N) is 3. The molecular formula is C15H19N3O4S. The quantitative estimate of drug-likeness (QED) is 0.767. The van der Waals surface area contributed by atoms with E-state index in [9.17, 15) is 14.4 Å². The summed E-state index contributed by atoms with van der Waals surface area (Å²) in [6.07, 6.45) is 0.412. The summed E-state index contributed by atoms with van der Waals surface area (Å²) in [4.78, 5) is 35.1. The normalized spacial score (nSPS) is 17.7. The molecule has 1 saturated heterocycles. The molecule has 1 aromatic rings. The van der Waals surface area contributed by atoms with Crippen molar-refractivity contribution in [3.05, 3.63) is 18.2 Å². The predicted molar refractivity (Wildman–Crippen MR) is 89.8 cm³/mol. The molecule has 0 aliphatic carbocycles. The maximum atomic E-state index is 12.4. The van der Waals surface area contributed by atoms with E-state index < -0.39 is 6.04 Å². The number of benzene rings is 1. The van der Waals surface area contributed by atoms with Gasteiger partial charge in [-0.2, -0.15) is 11.8 Å². The number of thioether (sulfide) groups is 1. The van der Waals surface area contributed by atoms with E-state index in [1.54, 1.807) is 30.0 Å². The van der Waals surface area contributed by atoms with E-state index in [2.05, 4.69) is 16.0 Å². The largest absolute Gasteiger partial charge is 0.495 e. The SMILES string of the molecule is COc1ccc(NC(C)=O)cc1NC(=O)C1CSCCC(=O)N1. The van der Waals surface area contributed by atoms with Crippen molar-refractivity contribution in [2.45, 2.75) is 19.4 Å². The fourth-order valence-corrected chi connectivity index (χ4v) is 3.09. The highest BCUT2D eigenvalue weighted by molar-refractivity contribution is 7.99. The average Bonchev–Trinajstić information content (AvgIpc) is 2.71. The van der Waals surface area contributed by atoms with E-state index in [0.717, 1.165) is 0 Å². The monoisotopic (exact) mass is 337 g/mol. The molecule has 0 spiro atoms. The fraction of sp³-hybridized carbons (Fsp3) is 0.400. The van der Waals surface area contributed by atoms with E-state index in [0.29, 0.717) is 35.1 Å². The first kappa shape index (κ1) is 17.1. The minimum absolute atomic E-state index is 0.130. The summed E-state index contributed by atoms with van der Waals surface area (Å²) in [5, 5.41) is 8.10. The van der Waals surface area contributed by atoms with Crippen LogP contribution in [0.25, 0.3) is 0 Å². The van der Waals surface area contributed by atoms with E-state index in [1.807, 2.05) is 0 Å². The summed E-state index contributed by atoms with van der Waals surface area (Å²) in [6, 6.07) is 4.36. The fourth-order valence-electron chi connectivity index (χ4n) is 2.12. The van der Waals surface area contributed by atoms with Gasteiger partial charge in [0.15, 0.2) is 0 Å². The molecule has 1 atom stereocenters. The number of amides is 3. The maximum absolute atomic E-state index is 12.4. The van der Waals surface area contributed by atoms with Crippen molar-refractivity contribution in [1.82, 2.24) is 5.32 Å². The van der Waals surface area contributed by atoms with E-state index in [-0.39, 0.29) is 17.7 Å². The van der Waals surface area contributed by atoms with Crippen molar-refractivity contribution in [1.29, 1.82) is 0 Å². The van der Waals surface area contributed by atoms with Crippen LogP contribution in [0.5, 0.6) is 5.75 Å². The van der Waals surface area contributed by atoms with Crippen LogP contribution in [0.2, 0.25) is 0 Å². The number of hydrogen-bond donors (Lipinski definition) is 3. The Hall–Kier alpha value is -2.22. The van der Waals surface area contributed by atoms with E-state index >= 15 is 0 Å². The lowest BCUT2D eigenvalue weighted by Crippen LogP contribution is -2.44. The Morgan fingerprint density at radius 1 is 1.35 bits per heavy atom. The first-order valence-corrected chi connectivity index (χ1v) is 8.28. The molecule has 3 amide bonds. The molecule has 1 aromatic carbocycles. The minimum Gasteiger partial charge on any atom is -0.495 e. The number of ether oxygens (including phenoxy) is 1. The zero-order valence-electron chi connectivity index (χ0n) is 13.0. The van der Waals surface area contributed by atoms with Crippen LogP contribution in [0.15, 0.2) is 18.2 Å². The Labute approximate surface area is 138 Å². The highest BCUT2D eigenvalue weighted by atomic mass is 32.2. The van der Waals surface area contributed by atoms with Crippen LogP contribution in [-0.4, -0.2) is 42.4 Å². The van der Waals surface area contributed by atoms with Crippen LogP contribution in [0.1, 0.15) is 13.3 Å². The third-order valence-corrected chi connectivity index (χ3v) is 4.25. The molecule has 0 saturated carbocycles. The predicted octanol–water partition coefficient (Wildman–Crippen LogP) is 1.21. The van der Waals surface area contributed by atoms with Gasteiger partial charge in [0.1, 0.15) is 11.8 Å². The molecule has 0 aromatic heterocycles. The van der Waals surface area contributed by atoms with Crippen LogP contribution < -0.4 is 20.7 Å². The zero-order chi connectivity index (χ0) is 16.8. The second-order valence-electron chi connectivity index (χ2n) is 5.03. The second kappa shape index (κ2) is 7.87. The van der Waals surface area contributed by atoms with Gasteiger partial charge in [-0.05, 0) is 18.2 Å². The van der Waals surface area contributed by atoms with Crippen LogP contribution in [0.3, 0.4) is 0 Å². The highest BCUT2D eigenvalue weighted by Crippen LogP contribution is 2.28. The third-order valence-electron chi connectivity index (χ3n) is 3.19. The van der Waals surface area contributed by atoms with Gasteiger partial charge in [0.2, 0.25) is 17.7 Å².